The second-order valence-electron chi connectivity index (χ2n) is 7.05. The van der Waals surface area contributed by atoms with Crippen molar-refractivity contribution in [1.29, 1.82) is 0 Å². The summed E-state index contributed by atoms with van der Waals surface area (Å²) in [4.78, 5) is 12.7. The Morgan fingerprint density at radius 1 is 1.06 bits per heavy atom. The summed E-state index contributed by atoms with van der Waals surface area (Å²) < 4.78 is 21.7. The minimum atomic E-state index is -0.341. The molecule has 1 N–H and O–H groups in total. The van der Waals surface area contributed by atoms with Crippen LogP contribution in [0.4, 0.5) is 10.2 Å². The van der Waals surface area contributed by atoms with Crippen LogP contribution in [0.25, 0.3) is 0 Å². The number of benzene rings is 3. The van der Waals surface area contributed by atoms with E-state index in [4.69, 9.17) is 16.3 Å². The number of carbonyl (C=O) groups is 1. The third kappa shape index (κ3) is 5.75. The van der Waals surface area contributed by atoms with Gasteiger partial charge in [0.25, 0.3) is 5.91 Å². The summed E-state index contributed by atoms with van der Waals surface area (Å²) in [6.07, 6.45) is 1.59. The van der Waals surface area contributed by atoms with Gasteiger partial charge in [0, 0.05) is 16.2 Å². The highest BCUT2D eigenvalue weighted by Gasteiger charge is 2.13. The second-order valence-corrected chi connectivity index (χ2v) is 8.38. The van der Waals surface area contributed by atoms with Crippen molar-refractivity contribution >= 4 is 39.3 Å². The molecule has 0 radical (unpaired) electrons. The lowest BCUT2D eigenvalue weighted by atomic mass is 10.1. The minimum absolute atomic E-state index is 0.240. The van der Waals surface area contributed by atoms with Gasteiger partial charge in [-0.3, -0.25) is 9.48 Å². The summed E-state index contributed by atoms with van der Waals surface area (Å²) in [5.41, 5.74) is 2.04. The van der Waals surface area contributed by atoms with E-state index in [9.17, 15) is 9.18 Å². The number of hydrogen-bond donors (Lipinski definition) is 1. The van der Waals surface area contributed by atoms with Crippen LogP contribution in [0, 0.1) is 5.82 Å². The summed E-state index contributed by atoms with van der Waals surface area (Å²) in [7, 11) is 0. The molecular weight excluding hydrogens is 497 g/mol. The molecule has 1 heterocycles. The molecule has 0 aliphatic rings. The third-order valence-corrected chi connectivity index (χ3v) is 5.34. The molecule has 0 saturated carbocycles. The Hall–Kier alpha value is -3.16. The van der Waals surface area contributed by atoms with Gasteiger partial charge in [-0.15, -0.1) is 0 Å². The Morgan fingerprint density at radius 3 is 2.66 bits per heavy atom. The first-order valence-electron chi connectivity index (χ1n) is 9.72. The number of ether oxygens (including phenoxy) is 1. The molecule has 4 rings (SSSR count). The molecule has 32 heavy (non-hydrogen) atoms. The molecule has 0 saturated heterocycles. The topological polar surface area (TPSA) is 56.2 Å². The number of nitrogens with one attached hydrogen (secondary N) is 1. The predicted molar refractivity (Wildman–Crippen MR) is 126 cm³/mol. The van der Waals surface area contributed by atoms with Crippen LogP contribution in [0.1, 0.15) is 21.5 Å². The maximum atomic E-state index is 13.4. The lowest BCUT2D eigenvalue weighted by Gasteiger charge is -2.08. The lowest BCUT2D eigenvalue weighted by Crippen LogP contribution is -2.13. The zero-order chi connectivity index (χ0) is 22.5. The number of amides is 1. The van der Waals surface area contributed by atoms with E-state index in [-0.39, 0.29) is 17.5 Å². The first kappa shape index (κ1) is 22.0. The molecule has 1 amide bonds. The van der Waals surface area contributed by atoms with Crippen LogP contribution in [0.2, 0.25) is 5.02 Å². The zero-order valence-electron chi connectivity index (χ0n) is 16.8. The second kappa shape index (κ2) is 9.97. The molecule has 4 aromatic rings. The van der Waals surface area contributed by atoms with E-state index in [0.29, 0.717) is 23.7 Å². The summed E-state index contributed by atoms with van der Waals surface area (Å²) in [6, 6.07) is 20.9. The average molecular weight is 515 g/mol. The van der Waals surface area contributed by atoms with E-state index in [1.54, 1.807) is 41.2 Å². The van der Waals surface area contributed by atoms with Gasteiger partial charge in [0.2, 0.25) is 0 Å². The van der Waals surface area contributed by atoms with Crippen molar-refractivity contribution in [3.8, 4) is 5.75 Å². The van der Waals surface area contributed by atoms with Gasteiger partial charge in [-0.1, -0.05) is 57.9 Å². The molecule has 3 aromatic carbocycles. The molecule has 0 unspecified atom stereocenters. The highest BCUT2D eigenvalue weighted by Crippen LogP contribution is 2.22. The fourth-order valence-electron chi connectivity index (χ4n) is 3.09. The van der Waals surface area contributed by atoms with Gasteiger partial charge < -0.3 is 10.1 Å². The smallest absolute Gasteiger partial charge is 0.256 e. The molecule has 0 atom stereocenters. The SMILES string of the molecule is O=C(Nc1nn(Cc2cccc(F)c2)cc1Cl)c1cccc(COc2cccc(Br)c2)c1. The lowest BCUT2D eigenvalue weighted by molar-refractivity contribution is 0.102. The van der Waals surface area contributed by atoms with Gasteiger partial charge in [-0.2, -0.15) is 5.10 Å². The fourth-order valence-corrected chi connectivity index (χ4v) is 3.67. The maximum absolute atomic E-state index is 13.4. The summed E-state index contributed by atoms with van der Waals surface area (Å²) >= 11 is 9.65. The first-order valence-corrected chi connectivity index (χ1v) is 10.9. The average Bonchev–Trinajstić information content (AvgIpc) is 3.11. The Kier molecular flexibility index (Phi) is 6.87. The molecule has 8 heteroatoms. The standard InChI is InChI=1S/C24H18BrClFN3O2/c25-19-7-3-9-21(12-19)32-15-17-5-1-6-18(10-17)24(31)28-23-22(26)14-30(29-23)13-16-4-2-8-20(27)11-16/h1-12,14H,13,15H2,(H,28,29,31). The van der Waals surface area contributed by atoms with Crippen molar-refractivity contribution in [3.63, 3.8) is 0 Å². The van der Waals surface area contributed by atoms with Gasteiger partial charge >= 0.3 is 0 Å². The number of anilines is 1. The van der Waals surface area contributed by atoms with E-state index in [2.05, 4.69) is 26.3 Å². The van der Waals surface area contributed by atoms with Gasteiger partial charge in [-0.05, 0) is 53.6 Å². The Bertz CT molecular complexity index is 1260. The number of aromatic nitrogens is 2. The summed E-state index contributed by atoms with van der Waals surface area (Å²) in [5.74, 6) is 0.305. The van der Waals surface area contributed by atoms with Gasteiger partial charge in [0.05, 0.1) is 6.54 Å². The molecule has 162 valence electrons. The monoisotopic (exact) mass is 513 g/mol. The highest BCUT2D eigenvalue weighted by atomic mass is 79.9. The van der Waals surface area contributed by atoms with E-state index in [1.807, 2.05) is 30.3 Å². The predicted octanol–water partition coefficient (Wildman–Crippen LogP) is 6.32. The van der Waals surface area contributed by atoms with Crippen LogP contribution >= 0.6 is 27.5 Å². The normalized spacial score (nSPS) is 10.7. The number of hydrogen-bond acceptors (Lipinski definition) is 3. The Morgan fingerprint density at radius 2 is 1.84 bits per heavy atom. The molecule has 0 bridgehead atoms. The number of halogens is 3. The van der Waals surface area contributed by atoms with Crippen molar-refractivity contribution in [2.24, 2.45) is 0 Å². The first-order chi connectivity index (χ1) is 15.5. The van der Waals surface area contributed by atoms with Crippen LogP contribution in [0.5, 0.6) is 5.75 Å². The van der Waals surface area contributed by atoms with Crippen LogP contribution in [-0.4, -0.2) is 15.7 Å². The van der Waals surface area contributed by atoms with Crippen LogP contribution in [0.3, 0.4) is 0 Å². The van der Waals surface area contributed by atoms with Crippen molar-refractivity contribution < 1.29 is 13.9 Å². The Balaban J connectivity index is 1.41. The molecule has 0 fully saturated rings. The summed E-state index contributed by atoms with van der Waals surface area (Å²) in [6.45, 7) is 0.649. The maximum Gasteiger partial charge on any atom is 0.256 e. The van der Waals surface area contributed by atoms with E-state index >= 15 is 0 Å². The van der Waals surface area contributed by atoms with Crippen molar-refractivity contribution in [2.45, 2.75) is 13.2 Å². The van der Waals surface area contributed by atoms with Crippen molar-refractivity contribution in [2.75, 3.05) is 5.32 Å². The van der Waals surface area contributed by atoms with E-state index < -0.39 is 0 Å². The number of rotatable bonds is 7. The van der Waals surface area contributed by atoms with Gasteiger partial charge in [0.1, 0.15) is 23.2 Å². The van der Waals surface area contributed by atoms with E-state index in [0.717, 1.165) is 21.3 Å². The molecule has 0 spiro atoms. The molecule has 0 aliphatic heterocycles. The third-order valence-electron chi connectivity index (χ3n) is 4.57. The Labute approximate surface area is 197 Å². The quantitative estimate of drug-likeness (QED) is 0.314. The van der Waals surface area contributed by atoms with Gasteiger partial charge in [-0.25, -0.2) is 4.39 Å². The summed E-state index contributed by atoms with van der Waals surface area (Å²) in [5, 5.41) is 7.33. The van der Waals surface area contributed by atoms with E-state index in [1.165, 1.54) is 12.1 Å². The van der Waals surface area contributed by atoms with Crippen LogP contribution < -0.4 is 10.1 Å². The molecule has 5 nitrogen and oxygen atoms in total. The zero-order valence-corrected chi connectivity index (χ0v) is 19.1. The van der Waals surface area contributed by atoms with Crippen LogP contribution in [0.15, 0.2) is 83.5 Å². The number of nitrogens with zero attached hydrogens (tertiary/aromatic N) is 2. The molecule has 1 aromatic heterocycles. The van der Waals surface area contributed by atoms with Gasteiger partial charge in [0.15, 0.2) is 5.82 Å². The fraction of sp³-hybridized carbons (Fsp3) is 0.0833. The molecule has 0 aliphatic carbocycles. The highest BCUT2D eigenvalue weighted by molar-refractivity contribution is 9.10. The van der Waals surface area contributed by atoms with Crippen molar-refractivity contribution in [1.82, 2.24) is 9.78 Å². The molecular formula is C24H18BrClFN3O2. The number of carbonyl (C=O) groups excluding carboxylic acids is 1. The minimum Gasteiger partial charge on any atom is -0.489 e. The van der Waals surface area contributed by atoms with Crippen molar-refractivity contribution in [3.05, 3.63) is 111 Å². The largest absolute Gasteiger partial charge is 0.489 e. The van der Waals surface area contributed by atoms with Crippen LogP contribution in [-0.2, 0) is 13.2 Å².